The second-order valence-electron chi connectivity index (χ2n) is 4.58. The molecule has 2 rings (SSSR count). The zero-order chi connectivity index (χ0) is 15.9. The molecule has 0 aliphatic heterocycles. The average molecular weight is 308 g/mol. The minimum Gasteiger partial charge on any atom is -0.486 e. The average Bonchev–Trinajstić information content (AvgIpc) is 2.51. The maximum atomic E-state index is 12.2. The summed E-state index contributed by atoms with van der Waals surface area (Å²) < 4.78 is 31.9. The molecule has 1 amide bonds. The van der Waals surface area contributed by atoms with Crippen LogP contribution >= 0.6 is 0 Å². The number of amides is 1. The molecule has 2 N–H and O–H groups in total. The first-order valence-corrected chi connectivity index (χ1v) is 6.56. The fraction of sp³-hybridized carbons (Fsp3) is 0.200. The number of alkyl halides is 2. The quantitative estimate of drug-likeness (QED) is 0.632. The van der Waals surface area contributed by atoms with Gasteiger partial charge in [0, 0.05) is 6.07 Å². The predicted octanol–water partition coefficient (Wildman–Crippen LogP) is 1.80. The van der Waals surface area contributed by atoms with Gasteiger partial charge in [0.2, 0.25) is 0 Å². The van der Waals surface area contributed by atoms with Crippen LogP contribution in [-0.2, 0) is 18.4 Å². The molecule has 1 heterocycles. The van der Waals surface area contributed by atoms with Crippen molar-refractivity contribution in [2.75, 3.05) is 5.43 Å². The third-order valence-corrected chi connectivity index (χ3v) is 2.80. The predicted molar refractivity (Wildman–Crippen MR) is 76.2 cm³/mol. The molecule has 0 aliphatic carbocycles. The SMILES string of the molecule is C[n+]1cccc(COc2ccccc2NNC(=O)C(F)F)c1. The zero-order valence-corrected chi connectivity index (χ0v) is 11.9. The summed E-state index contributed by atoms with van der Waals surface area (Å²) in [5, 5.41) is 0. The number of carbonyl (C=O) groups excluding carboxylic acids is 1. The van der Waals surface area contributed by atoms with Gasteiger partial charge in [-0.05, 0) is 18.2 Å². The fourth-order valence-electron chi connectivity index (χ4n) is 1.78. The lowest BCUT2D eigenvalue weighted by Crippen LogP contribution is -2.34. The summed E-state index contributed by atoms with van der Waals surface area (Å²) >= 11 is 0. The van der Waals surface area contributed by atoms with Crippen LogP contribution in [0.15, 0.2) is 48.8 Å². The first-order valence-electron chi connectivity index (χ1n) is 6.56. The normalized spacial score (nSPS) is 10.4. The van der Waals surface area contributed by atoms with Gasteiger partial charge in [-0.1, -0.05) is 12.1 Å². The lowest BCUT2D eigenvalue weighted by Gasteiger charge is -2.13. The molecule has 116 valence electrons. The van der Waals surface area contributed by atoms with E-state index in [2.05, 4.69) is 5.43 Å². The summed E-state index contributed by atoms with van der Waals surface area (Å²) in [6, 6.07) is 10.6. The van der Waals surface area contributed by atoms with E-state index in [0.717, 1.165) is 5.56 Å². The van der Waals surface area contributed by atoms with Gasteiger partial charge in [0.25, 0.3) is 0 Å². The lowest BCUT2D eigenvalue weighted by molar-refractivity contribution is -0.672. The number of halogens is 2. The topological polar surface area (TPSA) is 54.2 Å². The molecular formula is C15H16F2N3O2+. The summed E-state index contributed by atoms with van der Waals surface area (Å²) in [5.41, 5.74) is 5.71. The highest BCUT2D eigenvalue weighted by molar-refractivity contribution is 5.80. The smallest absolute Gasteiger partial charge is 0.317 e. The summed E-state index contributed by atoms with van der Waals surface area (Å²) in [6.45, 7) is 0.316. The number of nitrogens with zero attached hydrogens (tertiary/aromatic N) is 1. The summed E-state index contributed by atoms with van der Waals surface area (Å²) in [7, 11) is 1.90. The van der Waals surface area contributed by atoms with Crippen molar-refractivity contribution in [3.63, 3.8) is 0 Å². The molecule has 0 saturated carbocycles. The number of para-hydroxylation sites is 2. The van der Waals surface area contributed by atoms with Crippen molar-refractivity contribution in [3.05, 3.63) is 54.4 Å². The number of hydrogen-bond acceptors (Lipinski definition) is 3. The van der Waals surface area contributed by atoms with Gasteiger partial charge in [-0.2, -0.15) is 8.78 Å². The Bertz CT molecular complexity index is 650. The number of hydrogen-bond donors (Lipinski definition) is 2. The van der Waals surface area contributed by atoms with E-state index in [1.807, 2.05) is 41.6 Å². The minimum absolute atomic E-state index is 0.316. The van der Waals surface area contributed by atoms with Crippen molar-refractivity contribution in [1.29, 1.82) is 0 Å². The Morgan fingerprint density at radius 3 is 2.77 bits per heavy atom. The minimum atomic E-state index is -3.08. The van der Waals surface area contributed by atoms with Gasteiger partial charge in [-0.15, -0.1) is 0 Å². The highest BCUT2D eigenvalue weighted by Crippen LogP contribution is 2.23. The third kappa shape index (κ3) is 4.41. The first kappa shape index (κ1) is 15.7. The number of aryl methyl sites for hydroxylation is 1. The van der Waals surface area contributed by atoms with Crippen LogP contribution in [-0.4, -0.2) is 12.3 Å². The molecule has 2 aromatic rings. The van der Waals surface area contributed by atoms with Gasteiger partial charge in [-0.25, -0.2) is 4.57 Å². The Hall–Kier alpha value is -2.70. The second kappa shape index (κ2) is 7.35. The second-order valence-corrected chi connectivity index (χ2v) is 4.58. The molecule has 0 atom stereocenters. The van der Waals surface area contributed by atoms with Crippen LogP contribution in [0.5, 0.6) is 5.75 Å². The van der Waals surface area contributed by atoms with Gasteiger partial charge >= 0.3 is 12.3 Å². The molecule has 0 saturated heterocycles. The van der Waals surface area contributed by atoms with E-state index in [0.29, 0.717) is 18.0 Å². The number of anilines is 1. The van der Waals surface area contributed by atoms with E-state index in [1.54, 1.807) is 24.3 Å². The van der Waals surface area contributed by atoms with Crippen LogP contribution in [0.1, 0.15) is 5.56 Å². The van der Waals surface area contributed by atoms with Crippen molar-refractivity contribution < 1.29 is 22.9 Å². The van der Waals surface area contributed by atoms with Crippen molar-refractivity contribution in [1.82, 2.24) is 5.43 Å². The van der Waals surface area contributed by atoms with Crippen molar-refractivity contribution in [3.8, 4) is 5.75 Å². The highest BCUT2D eigenvalue weighted by atomic mass is 19.3. The number of ether oxygens (including phenoxy) is 1. The Morgan fingerprint density at radius 2 is 2.05 bits per heavy atom. The Kier molecular flexibility index (Phi) is 5.24. The zero-order valence-electron chi connectivity index (χ0n) is 11.9. The van der Waals surface area contributed by atoms with E-state index in [9.17, 15) is 13.6 Å². The molecule has 1 aromatic carbocycles. The number of carbonyl (C=O) groups is 1. The monoisotopic (exact) mass is 308 g/mol. The molecule has 7 heteroatoms. The number of nitrogens with one attached hydrogen (secondary N) is 2. The van der Waals surface area contributed by atoms with Crippen LogP contribution in [0.4, 0.5) is 14.5 Å². The fourth-order valence-corrected chi connectivity index (χ4v) is 1.78. The molecule has 1 aromatic heterocycles. The Balaban J connectivity index is 2.00. The number of rotatable bonds is 6. The number of hydrazine groups is 1. The Labute approximate surface area is 126 Å². The molecule has 0 unspecified atom stereocenters. The molecule has 0 radical (unpaired) electrons. The van der Waals surface area contributed by atoms with Gasteiger partial charge in [0.1, 0.15) is 19.4 Å². The lowest BCUT2D eigenvalue weighted by atomic mass is 10.3. The number of benzene rings is 1. The van der Waals surface area contributed by atoms with Crippen LogP contribution in [0.3, 0.4) is 0 Å². The summed E-state index contributed by atoms with van der Waals surface area (Å²) in [6.07, 6.45) is 0.734. The molecule has 0 fully saturated rings. The van der Waals surface area contributed by atoms with Gasteiger partial charge in [0.15, 0.2) is 12.4 Å². The first-order chi connectivity index (χ1) is 10.6. The van der Waals surface area contributed by atoms with Crippen LogP contribution in [0.25, 0.3) is 0 Å². The van der Waals surface area contributed by atoms with Gasteiger partial charge < -0.3 is 4.74 Å². The number of pyridine rings is 1. The maximum Gasteiger partial charge on any atom is 0.317 e. The van der Waals surface area contributed by atoms with Crippen molar-refractivity contribution >= 4 is 11.6 Å². The molecule has 0 spiro atoms. The van der Waals surface area contributed by atoms with E-state index >= 15 is 0 Å². The third-order valence-electron chi connectivity index (χ3n) is 2.80. The van der Waals surface area contributed by atoms with Crippen LogP contribution in [0, 0.1) is 0 Å². The summed E-state index contributed by atoms with van der Waals surface area (Å²) in [5.74, 6) is -0.951. The molecule has 22 heavy (non-hydrogen) atoms. The van der Waals surface area contributed by atoms with Crippen molar-refractivity contribution in [2.45, 2.75) is 13.0 Å². The van der Waals surface area contributed by atoms with E-state index in [4.69, 9.17) is 4.74 Å². The van der Waals surface area contributed by atoms with Crippen LogP contribution < -0.4 is 20.2 Å². The maximum absolute atomic E-state index is 12.2. The van der Waals surface area contributed by atoms with Gasteiger partial charge in [-0.3, -0.25) is 15.6 Å². The van der Waals surface area contributed by atoms with Gasteiger partial charge in [0.05, 0.1) is 11.3 Å². The van der Waals surface area contributed by atoms with Crippen molar-refractivity contribution in [2.24, 2.45) is 7.05 Å². The van der Waals surface area contributed by atoms with E-state index in [-0.39, 0.29) is 0 Å². The standard InChI is InChI=1S/C15H15F2N3O2/c1-20-8-4-5-11(9-20)10-22-13-7-3-2-6-12(13)18-19-15(21)14(16)17/h2-9,14,18H,10H2,1H3/p+1. The van der Waals surface area contributed by atoms with E-state index in [1.165, 1.54) is 0 Å². The molecular weight excluding hydrogens is 292 g/mol. The highest BCUT2D eigenvalue weighted by Gasteiger charge is 2.15. The van der Waals surface area contributed by atoms with E-state index < -0.39 is 12.3 Å². The molecule has 0 bridgehead atoms. The summed E-state index contributed by atoms with van der Waals surface area (Å²) in [4.78, 5) is 10.9. The largest absolute Gasteiger partial charge is 0.486 e. The Morgan fingerprint density at radius 1 is 1.27 bits per heavy atom. The molecule has 5 nitrogen and oxygen atoms in total. The molecule has 0 aliphatic rings. The van der Waals surface area contributed by atoms with Crippen LogP contribution in [0.2, 0.25) is 0 Å². The number of aromatic nitrogens is 1.